The Morgan fingerprint density at radius 3 is 2.17 bits per heavy atom. The third-order valence-electron chi connectivity index (χ3n) is 5.51. The van der Waals surface area contributed by atoms with Crippen molar-refractivity contribution in [1.29, 1.82) is 0 Å². The molecule has 0 aliphatic carbocycles. The maximum atomic E-state index is 13.6. The Hall–Kier alpha value is -3.24. The van der Waals surface area contributed by atoms with Gasteiger partial charge in [0.1, 0.15) is 18.4 Å². The summed E-state index contributed by atoms with van der Waals surface area (Å²) in [7, 11) is -4.17. The summed E-state index contributed by atoms with van der Waals surface area (Å²) in [5.41, 5.74) is 0.893. The van der Waals surface area contributed by atoms with Gasteiger partial charge in [0.05, 0.1) is 10.6 Å². The average Bonchev–Trinajstić information content (AvgIpc) is 2.87. The molecule has 1 N–H and O–H groups in total. The van der Waals surface area contributed by atoms with Crippen molar-refractivity contribution >= 4 is 43.5 Å². The highest BCUT2D eigenvalue weighted by Gasteiger charge is 2.32. The second kappa shape index (κ2) is 12.1. The summed E-state index contributed by atoms with van der Waals surface area (Å²) >= 11 is 3.38. The van der Waals surface area contributed by atoms with Gasteiger partial charge >= 0.3 is 0 Å². The number of amides is 2. The fourth-order valence-corrected chi connectivity index (χ4v) is 5.25. The van der Waals surface area contributed by atoms with E-state index >= 15 is 0 Å². The number of sulfonamides is 1. The summed E-state index contributed by atoms with van der Waals surface area (Å²) < 4.78 is 42.5. The molecule has 2 amide bonds. The molecule has 0 radical (unpaired) electrons. The van der Waals surface area contributed by atoms with Crippen molar-refractivity contribution in [3.05, 3.63) is 94.7 Å². The largest absolute Gasteiger partial charge is 0.355 e. The van der Waals surface area contributed by atoms with Gasteiger partial charge in [-0.05, 0) is 67.9 Å². The fraction of sp³-hybridized carbons (Fsp3) is 0.231. The van der Waals surface area contributed by atoms with E-state index in [1.54, 1.807) is 32.0 Å². The van der Waals surface area contributed by atoms with Crippen molar-refractivity contribution in [2.45, 2.75) is 31.3 Å². The first-order chi connectivity index (χ1) is 17.1. The minimum Gasteiger partial charge on any atom is -0.355 e. The number of anilines is 1. The van der Waals surface area contributed by atoms with Crippen LogP contribution in [0.4, 0.5) is 10.1 Å². The molecule has 0 aliphatic rings. The van der Waals surface area contributed by atoms with E-state index in [0.717, 1.165) is 26.5 Å². The molecule has 3 rings (SSSR count). The highest BCUT2D eigenvalue weighted by Crippen LogP contribution is 2.25. The predicted molar refractivity (Wildman–Crippen MR) is 140 cm³/mol. The van der Waals surface area contributed by atoms with E-state index in [4.69, 9.17) is 0 Å². The Balaban J connectivity index is 2.00. The van der Waals surface area contributed by atoms with Crippen LogP contribution >= 0.6 is 15.9 Å². The van der Waals surface area contributed by atoms with E-state index in [1.165, 1.54) is 29.2 Å². The van der Waals surface area contributed by atoms with Crippen LogP contribution in [0.1, 0.15) is 19.4 Å². The Morgan fingerprint density at radius 2 is 1.58 bits per heavy atom. The first-order valence-electron chi connectivity index (χ1n) is 11.3. The van der Waals surface area contributed by atoms with Gasteiger partial charge in [-0.25, -0.2) is 12.8 Å². The van der Waals surface area contributed by atoms with Gasteiger partial charge in [0.15, 0.2) is 0 Å². The van der Waals surface area contributed by atoms with E-state index in [9.17, 15) is 22.4 Å². The highest BCUT2D eigenvalue weighted by molar-refractivity contribution is 9.10. The van der Waals surface area contributed by atoms with E-state index in [1.807, 2.05) is 24.3 Å². The van der Waals surface area contributed by atoms with Crippen LogP contribution in [0.3, 0.4) is 0 Å². The lowest BCUT2D eigenvalue weighted by molar-refractivity contribution is -0.139. The summed E-state index contributed by atoms with van der Waals surface area (Å²) in [6, 6.07) is 18.9. The summed E-state index contributed by atoms with van der Waals surface area (Å²) in [6.45, 7) is 3.26. The Bertz CT molecular complexity index is 1290. The number of hydrogen-bond acceptors (Lipinski definition) is 4. The van der Waals surface area contributed by atoms with Gasteiger partial charge < -0.3 is 10.2 Å². The molecule has 0 heterocycles. The number of likely N-dealkylation sites (N-methyl/N-ethyl adjacent to an activating group) is 1. The first-order valence-corrected chi connectivity index (χ1v) is 13.5. The van der Waals surface area contributed by atoms with Crippen LogP contribution in [-0.4, -0.2) is 44.3 Å². The zero-order valence-electron chi connectivity index (χ0n) is 19.9. The molecular weight excluding hydrogens is 549 g/mol. The van der Waals surface area contributed by atoms with Crippen molar-refractivity contribution in [1.82, 2.24) is 10.2 Å². The van der Waals surface area contributed by atoms with Crippen molar-refractivity contribution in [3.63, 3.8) is 0 Å². The van der Waals surface area contributed by atoms with Gasteiger partial charge in [0.2, 0.25) is 11.8 Å². The number of rotatable bonds is 10. The summed E-state index contributed by atoms with van der Waals surface area (Å²) in [6.07, 6.45) is 0. The molecule has 0 fully saturated rings. The third kappa shape index (κ3) is 6.70. The number of carbonyl (C=O) groups excluding carboxylic acids is 2. The van der Waals surface area contributed by atoms with Crippen LogP contribution < -0.4 is 9.62 Å². The van der Waals surface area contributed by atoms with Crippen LogP contribution in [0, 0.1) is 5.82 Å². The molecule has 3 aromatic carbocycles. The van der Waals surface area contributed by atoms with Crippen LogP contribution in [0.25, 0.3) is 0 Å². The monoisotopic (exact) mass is 575 g/mol. The normalized spacial score (nSPS) is 12.0. The lowest BCUT2D eigenvalue weighted by atomic mass is 10.1. The molecule has 3 aromatic rings. The fourth-order valence-electron chi connectivity index (χ4n) is 3.55. The van der Waals surface area contributed by atoms with Gasteiger partial charge in [-0.15, -0.1) is 0 Å². The highest BCUT2D eigenvalue weighted by atomic mass is 79.9. The minimum absolute atomic E-state index is 0.0154. The molecule has 7 nitrogen and oxygen atoms in total. The van der Waals surface area contributed by atoms with Crippen molar-refractivity contribution in [2.24, 2.45) is 0 Å². The zero-order chi connectivity index (χ0) is 26.3. The molecule has 0 aliphatic heterocycles. The van der Waals surface area contributed by atoms with E-state index in [2.05, 4.69) is 21.2 Å². The Kier molecular flexibility index (Phi) is 9.22. The van der Waals surface area contributed by atoms with Crippen LogP contribution in [-0.2, 0) is 26.2 Å². The van der Waals surface area contributed by atoms with Crippen LogP contribution in [0.15, 0.2) is 88.2 Å². The lowest BCUT2D eigenvalue weighted by Crippen LogP contribution is -2.51. The van der Waals surface area contributed by atoms with Gasteiger partial charge in [-0.3, -0.25) is 13.9 Å². The third-order valence-corrected chi connectivity index (χ3v) is 7.83. The summed E-state index contributed by atoms with van der Waals surface area (Å²) in [5.74, 6) is -1.48. The van der Waals surface area contributed by atoms with Crippen LogP contribution in [0.5, 0.6) is 0 Å². The number of benzene rings is 3. The summed E-state index contributed by atoms with van der Waals surface area (Å²) in [4.78, 5) is 27.6. The van der Waals surface area contributed by atoms with Crippen molar-refractivity contribution in [3.8, 4) is 0 Å². The van der Waals surface area contributed by atoms with Gasteiger partial charge in [-0.2, -0.15) is 0 Å². The topological polar surface area (TPSA) is 86.8 Å². The summed E-state index contributed by atoms with van der Waals surface area (Å²) in [5, 5.41) is 2.71. The van der Waals surface area contributed by atoms with E-state index in [-0.39, 0.29) is 23.0 Å². The molecule has 0 unspecified atom stereocenters. The van der Waals surface area contributed by atoms with Crippen molar-refractivity contribution in [2.75, 3.05) is 17.4 Å². The molecule has 36 heavy (non-hydrogen) atoms. The minimum atomic E-state index is -4.17. The molecule has 0 saturated heterocycles. The molecule has 0 bridgehead atoms. The molecule has 0 aromatic heterocycles. The molecular formula is C26H27BrFN3O4S. The molecule has 0 spiro atoms. The maximum Gasteiger partial charge on any atom is 0.264 e. The Morgan fingerprint density at radius 1 is 0.972 bits per heavy atom. The number of halogens is 2. The van der Waals surface area contributed by atoms with Gasteiger partial charge in [-0.1, -0.05) is 46.3 Å². The van der Waals surface area contributed by atoms with Gasteiger partial charge in [0.25, 0.3) is 10.0 Å². The molecule has 0 saturated carbocycles. The van der Waals surface area contributed by atoms with E-state index < -0.39 is 34.3 Å². The Labute approximate surface area is 219 Å². The number of nitrogens with zero attached hydrogens (tertiary/aromatic N) is 2. The average molecular weight is 576 g/mol. The smallest absolute Gasteiger partial charge is 0.264 e. The van der Waals surface area contributed by atoms with E-state index in [0.29, 0.717) is 6.54 Å². The maximum absolute atomic E-state index is 13.6. The lowest BCUT2D eigenvalue weighted by Gasteiger charge is -2.32. The molecule has 10 heteroatoms. The SMILES string of the molecule is CCNC(=O)[C@H](C)N(Cc1ccc(Br)cc1)C(=O)CN(c1ccc(F)cc1)S(=O)(=O)c1ccccc1. The number of nitrogens with one attached hydrogen (secondary N) is 1. The zero-order valence-corrected chi connectivity index (χ0v) is 22.3. The second-order valence-corrected chi connectivity index (χ2v) is 10.8. The number of carbonyl (C=O) groups is 2. The second-order valence-electron chi connectivity index (χ2n) is 8.02. The van der Waals surface area contributed by atoms with Crippen LogP contribution in [0.2, 0.25) is 0 Å². The molecule has 190 valence electrons. The van der Waals surface area contributed by atoms with Gasteiger partial charge in [0, 0.05) is 17.6 Å². The predicted octanol–water partition coefficient (Wildman–Crippen LogP) is 4.34. The van der Waals surface area contributed by atoms with Crippen molar-refractivity contribution < 1.29 is 22.4 Å². The standard InChI is InChI=1S/C26H27BrFN3O4S/c1-3-29-26(33)19(2)30(17-20-9-11-21(27)12-10-20)25(32)18-31(23-15-13-22(28)14-16-23)36(34,35)24-7-5-4-6-8-24/h4-16,19H,3,17-18H2,1-2H3,(H,29,33)/t19-/m0/s1. The number of hydrogen-bond donors (Lipinski definition) is 1. The quantitative estimate of drug-likeness (QED) is 0.389. The first kappa shape index (κ1) is 27.3. The molecule has 1 atom stereocenters.